The van der Waals surface area contributed by atoms with Crippen LogP contribution in [0.25, 0.3) is 11.1 Å². The average Bonchev–Trinajstić information content (AvgIpc) is 2.76. The molecule has 31 heavy (non-hydrogen) atoms. The summed E-state index contributed by atoms with van der Waals surface area (Å²) in [5.41, 5.74) is 7.92. The van der Waals surface area contributed by atoms with Gasteiger partial charge in [0.2, 0.25) is 6.29 Å². The summed E-state index contributed by atoms with van der Waals surface area (Å²) in [5.74, 6) is 0.876. The second-order valence-electron chi connectivity index (χ2n) is 9.41. The van der Waals surface area contributed by atoms with E-state index in [-0.39, 0.29) is 0 Å². The lowest BCUT2D eigenvalue weighted by molar-refractivity contribution is -0.156. The Balaban J connectivity index is 0.000000342. The van der Waals surface area contributed by atoms with Crippen molar-refractivity contribution in [1.82, 2.24) is 4.90 Å². The molecule has 166 valence electrons. The summed E-state index contributed by atoms with van der Waals surface area (Å²) in [6.45, 7) is 3.44. The average molecular weight is 430 g/mol. The van der Waals surface area contributed by atoms with Gasteiger partial charge >= 0.3 is 6.18 Å². The lowest BCUT2D eigenvalue weighted by Crippen LogP contribution is -2.59. The van der Waals surface area contributed by atoms with Gasteiger partial charge in [-0.1, -0.05) is 60.9 Å². The van der Waals surface area contributed by atoms with Gasteiger partial charge in [-0.15, -0.1) is 0 Å². The van der Waals surface area contributed by atoms with E-state index in [4.69, 9.17) is 4.79 Å². The van der Waals surface area contributed by atoms with E-state index >= 15 is 0 Å². The third kappa shape index (κ3) is 4.30. The van der Waals surface area contributed by atoms with E-state index < -0.39 is 12.5 Å². The molecule has 1 saturated heterocycles. The number of aldehydes is 1. The summed E-state index contributed by atoms with van der Waals surface area (Å²) in [6.07, 6.45) is 2.61. The molecule has 0 spiro atoms. The van der Waals surface area contributed by atoms with E-state index in [1.165, 1.54) is 61.8 Å². The number of alkyl halides is 3. The van der Waals surface area contributed by atoms with Crippen LogP contribution in [-0.2, 0) is 16.6 Å². The van der Waals surface area contributed by atoms with E-state index in [0.717, 1.165) is 12.0 Å². The zero-order valence-electron chi connectivity index (χ0n) is 18.2. The van der Waals surface area contributed by atoms with Crippen molar-refractivity contribution in [1.29, 1.82) is 0 Å². The smallest absolute Gasteiger partial charge is 0.303 e. The van der Waals surface area contributed by atoms with Gasteiger partial charge in [0, 0.05) is 11.5 Å². The number of fused-ring (bicyclic) bond motifs is 1. The number of halogens is 3. The van der Waals surface area contributed by atoms with Gasteiger partial charge < -0.3 is 4.90 Å². The highest BCUT2D eigenvalue weighted by Gasteiger charge is 2.52. The molecular formula is C26H30F3NO. The highest BCUT2D eigenvalue weighted by Crippen LogP contribution is 2.55. The SMILES string of the molecule is Cc1ccc(-c2ccc3c(c2)C24CCCC[C@@H]2[C@@H](C3)N(C)CC4)cc1.O=CC(F)(F)F. The Morgan fingerprint density at radius 1 is 1.03 bits per heavy atom. The first-order valence-corrected chi connectivity index (χ1v) is 11.2. The second-order valence-corrected chi connectivity index (χ2v) is 9.41. The molecule has 1 heterocycles. The van der Waals surface area contributed by atoms with Gasteiger partial charge in [0.1, 0.15) is 0 Å². The number of benzene rings is 2. The summed E-state index contributed by atoms with van der Waals surface area (Å²) >= 11 is 0. The predicted molar refractivity (Wildman–Crippen MR) is 117 cm³/mol. The van der Waals surface area contributed by atoms with Crippen LogP contribution < -0.4 is 0 Å². The molecule has 1 saturated carbocycles. The fourth-order valence-electron chi connectivity index (χ4n) is 6.12. The van der Waals surface area contributed by atoms with Crippen molar-refractivity contribution < 1.29 is 18.0 Å². The largest absolute Gasteiger partial charge is 0.446 e. The van der Waals surface area contributed by atoms with Crippen LogP contribution in [0.4, 0.5) is 13.2 Å². The van der Waals surface area contributed by atoms with Crippen LogP contribution in [-0.4, -0.2) is 37.0 Å². The van der Waals surface area contributed by atoms with Gasteiger partial charge in [-0.3, -0.25) is 4.79 Å². The molecule has 1 unspecified atom stereocenters. The number of likely N-dealkylation sites (tertiary alicyclic amines) is 1. The number of carbonyl (C=O) groups excluding carboxylic acids is 1. The van der Waals surface area contributed by atoms with E-state index in [9.17, 15) is 13.2 Å². The molecule has 2 aliphatic carbocycles. The zero-order chi connectivity index (χ0) is 22.2. The van der Waals surface area contributed by atoms with Gasteiger partial charge in [0.25, 0.3) is 0 Å². The number of hydrogen-bond donors (Lipinski definition) is 0. The maximum atomic E-state index is 10.4. The predicted octanol–water partition coefficient (Wildman–Crippen LogP) is 6.10. The molecule has 2 bridgehead atoms. The van der Waals surface area contributed by atoms with Crippen LogP contribution >= 0.6 is 0 Å². The van der Waals surface area contributed by atoms with Crippen molar-refractivity contribution in [3.8, 4) is 11.1 Å². The van der Waals surface area contributed by atoms with Crippen LogP contribution in [0.1, 0.15) is 48.8 Å². The van der Waals surface area contributed by atoms with Crippen molar-refractivity contribution in [2.24, 2.45) is 5.92 Å². The molecule has 2 aromatic rings. The summed E-state index contributed by atoms with van der Waals surface area (Å²) < 4.78 is 31.2. The molecule has 5 rings (SSSR count). The van der Waals surface area contributed by atoms with Crippen LogP contribution in [0, 0.1) is 12.8 Å². The Kier molecular flexibility index (Phi) is 5.99. The highest BCUT2D eigenvalue weighted by molar-refractivity contribution is 5.66. The van der Waals surface area contributed by atoms with Crippen molar-refractivity contribution in [2.75, 3.05) is 13.6 Å². The third-order valence-electron chi connectivity index (χ3n) is 7.63. The zero-order valence-corrected chi connectivity index (χ0v) is 18.2. The fourth-order valence-corrected chi connectivity index (χ4v) is 6.12. The van der Waals surface area contributed by atoms with Crippen molar-refractivity contribution in [3.63, 3.8) is 0 Å². The summed E-state index contributed by atoms with van der Waals surface area (Å²) in [6, 6.07) is 17.2. The van der Waals surface area contributed by atoms with Crippen LogP contribution in [0.5, 0.6) is 0 Å². The number of piperidine rings is 1. The van der Waals surface area contributed by atoms with Crippen molar-refractivity contribution in [2.45, 2.75) is 63.1 Å². The fraction of sp³-hybridized carbons (Fsp3) is 0.500. The Morgan fingerprint density at radius 3 is 2.39 bits per heavy atom. The highest BCUT2D eigenvalue weighted by atomic mass is 19.4. The molecule has 1 aliphatic heterocycles. The molecule has 2 nitrogen and oxygen atoms in total. The Bertz CT molecular complexity index is 937. The minimum atomic E-state index is -4.64. The summed E-state index contributed by atoms with van der Waals surface area (Å²) in [4.78, 5) is 11.4. The van der Waals surface area contributed by atoms with Crippen molar-refractivity contribution in [3.05, 3.63) is 59.2 Å². The van der Waals surface area contributed by atoms with Crippen LogP contribution in [0.15, 0.2) is 42.5 Å². The molecular weight excluding hydrogens is 399 g/mol. The molecule has 5 heteroatoms. The van der Waals surface area contributed by atoms with Gasteiger partial charge in [0.05, 0.1) is 0 Å². The number of rotatable bonds is 1. The van der Waals surface area contributed by atoms with Gasteiger partial charge in [-0.25, -0.2) is 0 Å². The van der Waals surface area contributed by atoms with Crippen LogP contribution in [0.2, 0.25) is 0 Å². The van der Waals surface area contributed by atoms with E-state index in [1.54, 1.807) is 11.1 Å². The van der Waals surface area contributed by atoms with Crippen LogP contribution in [0.3, 0.4) is 0 Å². The van der Waals surface area contributed by atoms with E-state index in [0.29, 0.717) is 5.41 Å². The number of likely N-dealkylation sites (N-methyl/N-ethyl adjacent to an activating group) is 1. The molecule has 3 aliphatic rings. The molecule has 0 N–H and O–H groups in total. The second kappa shape index (κ2) is 8.42. The quantitative estimate of drug-likeness (QED) is 0.511. The maximum absolute atomic E-state index is 10.4. The molecule has 2 fully saturated rings. The Labute approximate surface area is 182 Å². The normalized spacial score (nSPS) is 27.4. The maximum Gasteiger partial charge on any atom is 0.446 e. The standard InChI is InChI=1S/C24H29N.C2HF3O/c1-17-6-8-18(9-7-17)19-10-11-20-16-23-21-5-3-4-12-24(21,22(20)15-19)13-14-25(23)2;3-2(4,5)1-6/h6-11,15,21,23H,3-5,12-14,16H2,1-2H3;1H/t21-,23-,24?;/m1./s1. The topological polar surface area (TPSA) is 20.3 Å². The Morgan fingerprint density at radius 2 is 1.71 bits per heavy atom. The van der Waals surface area contributed by atoms with Gasteiger partial charge in [0.15, 0.2) is 0 Å². The van der Waals surface area contributed by atoms with E-state index in [1.807, 2.05) is 0 Å². The first-order chi connectivity index (χ1) is 14.7. The minimum Gasteiger partial charge on any atom is -0.303 e. The number of carbonyl (C=O) groups is 1. The number of hydrogen-bond acceptors (Lipinski definition) is 2. The Hall–Kier alpha value is -2.14. The summed E-state index contributed by atoms with van der Waals surface area (Å²) in [5, 5.41) is 0. The van der Waals surface area contributed by atoms with E-state index in [2.05, 4.69) is 61.3 Å². The molecule has 0 radical (unpaired) electrons. The van der Waals surface area contributed by atoms with Crippen molar-refractivity contribution >= 4 is 6.29 Å². The first-order valence-electron chi connectivity index (χ1n) is 11.2. The lowest BCUT2D eigenvalue weighted by Gasteiger charge is -2.58. The minimum absolute atomic E-state index is 0.462. The molecule has 2 aromatic carbocycles. The lowest BCUT2D eigenvalue weighted by atomic mass is 9.52. The molecule has 3 atom stereocenters. The molecule has 0 amide bonds. The first kappa shape index (κ1) is 22.1. The number of nitrogens with zero attached hydrogens (tertiary/aromatic N) is 1. The molecule has 0 aromatic heterocycles. The monoisotopic (exact) mass is 429 g/mol. The third-order valence-corrected chi connectivity index (χ3v) is 7.63. The van der Waals surface area contributed by atoms with Gasteiger partial charge in [-0.05, 0) is 74.4 Å². The summed E-state index contributed by atoms with van der Waals surface area (Å²) in [7, 11) is 2.36. The van der Waals surface area contributed by atoms with Gasteiger partial charge in [-0.2, -0.15) is 13.2 Å². The number of aryl methyl sites for hydroxylation is 1.